The summed E-state index contributed by atoms with van der Waals surface area (Å²) in [7, 11) is -7.08. The number of sulfone groups is 1. The lowest BCUT2D eigenvalue weighted by Gasteiger charge is -2.06. The first-order valence-electron chi connectivity index (χ1n) is 4.60. The van der Waals surface area contributed by atoms with Crippen molar-refractivity contribution in [1.82, 2.24) is 9.71 Å². The summed E-state index contributed by atoms with van der Waals surface area (Å²) in [5.41, 5.74) is 5.48. The molecule has 7 nitrogen and oxygen atoms in total. The summed E-state index contributed by atoms with van der Waals surface area (Å²) in [6.07, 6.45) is 2.32. The number of nitrogens with two attached hydrogens (primary N) is 1. The van der Waals surface area contributed by atoms with Gasteiger partial charge in [-0.05, 0) is 12.1 Å². The highest BCUT2D eigenvalue weighted by molar-refractivity contribution is 7.91. The van der Waals surface area contributed by atoms with Crippen molar-refractivity contribution < 1.29 is 16.8 Å². The number of hydrogen-bond donors (Lipinski definition) is 2. The van der Waals surface area contributed by atoms with E-state index in [1.807, 2.05) is 0 Å². The Kier molecular flexibility index (Phi) is 4.07. The van der Waals surface area contributed by atoms with Gasteiger partial charge in [0.15, 0.2) is 5.03 Å². The third-order valence-electron chi connectivity index (χ3n) is 1.82. The van der Waals surface area contributed by atoms with E-state index in [2.05, 4.69) is 9.71 Å². The van der Waals surface area contributed by atoms with Crippen LogP contribution in [0.25, 0.3) is 0 Å². The summed E-state index contributed by atoms with van der Waals surface area (Å²) in [6.45, 7) is -0.211. The lowest BCUT2D eigenvalue weighted by atomic mass is 10.4. The molecule has 0 aromatic carbocycles. The Morgan fingerprint density at radius 2 is 2.00 bits per heavy atom. The quantitative estimate of drug-likeness (QED) is 0.712. The van der Waals surface area contributed by atoms with Crippen LogP contribution >= 0.6 is 0 Å². The molecule has 0 saturated carbocycles. The highest BCUT2D eigenvalue weighted by atomic mass is 32.2. The van der Waals surface area contributed by atoms with Gasteiger partial charge in [-0.1, -0.05) is 0 Å². The highest BCUT2D eigenvalue weighted by Gasteiger charge is 2.18. The molecule has 0 saturated heterocycles. The van der Waals surface area contributed by atoms with Gasteiger partial charge in [-0.15, -0.1) is 0 Å². The van der Waals surface area contributed by atoms with E-state index in [4.69, 9.17) is 5.73 Å². The van der Waals surface area contributed by atoms with Crippen LogP contribution in [0.2, 0.25) is 0 Å². The van der Waals surface area contributed by atoms with E-state index in [0.29, 0.717) is 0 Å². The smallest absolute Gasteiger partial charge is 0.260 e. The first kappa shape index (κ1) is 13.9. The van der Waals surface area contributed by atoms with Crippen molar-refractivity contribution in [3.8, 4) is 0 Å². The van der Waals surface area contributed by atoms with Crippen molar-refractivity contribution in [1.29, 1.82) is 0 Å². The molecule has 0 unspecified atom stereocenters. The first-order valence-corrected chi connectivity index (χ1v) is 8.14. The molecule has 0 spiro atoms. The zero-order chi connectivity index (χ0) is 13.1. The summed E-state index contributed by atoms with van der Waals surface area (Å²) in [6, 6.07) is 2.91. The Morgan fingerprint density at radius 1 is 1.35 bits per heavy atom. The monoisotopic (exact) mass is 279 g/mol. The number of anilines is 1. The standard InChI is InChI=1S/C8H13N3O4S2/c1-16(12,13)6-5-11-17(14,15)8-7(9)3-2-4-10-8/h2-4,11H,5-6,9H2,1H3. The van der Waals surface area contributed by atoms with Gasteiger partial charge in [0.1, 0.15) is 9.84 Å². The molecule has 0 bridgehead atoms. The van der Waals surface area contributed by atoms with E-state index < -0.39 is 19.9 Å². The number of pyridine rings is 1. The minimum absolute atomic E-state index is 0.0133. The zero-order valence-electron chi connectivity index (χ0n) is 9.12. The number of nitrogens with zero attached hydrogens (tertiary/aromatic N) is 1. The molecule has 0 atom stereocenters. The average molecular weight is 279 g/mol. The van der Waals surface area contributed by atoms with Crippen LogP contribution in [0.1, 0.15) is 0 Å². The molecule has 0 amide bonds. The van der Waals surface area contributed by atoms with Crippen molar-refractivity contribution in [3.05, 3.63) is 18.3 Å². The molecule has 1 aromatic rings. The molecule has 3 N–H and O–H groups in total. The van der Waals surface area contributed by atoms with Gasteiger partial charge in [-0.25, -0.2) is 26.5 Å². The molecular formula is C8H13N3O4S2. The van der Waals surface area contributed by atoms with Crippen LogP contribution in [0, 0.1) is 0 Å². The summed E-state index contributed by atoms with van der Waals surface area (Å²) in [5.74, 6) is -0.279. The number of nitrogens with one attached hydrogen (secondary N) is 1. The summed E-state index contributed by atoms with van der Waals surface area (Å²) >= 11 is 0. The van der Waals surface area contributed by atoms with Gasteiger partial charge in [0, 0.05) is 19.0 Å². The van der Waals surface area contributed by atoms with Gasteiger partial charge in [-0.3, -0.25) is 0 Å². The second-order valence-electron chi connectivity index (χ2n) is 3.43. The van der Waals surface area contributed by atoms with Gasteiger partial charge in [0.2, 0.25) is 0 Å². The maximum absolute atomic E-state index is 11.7. The maximum atomic E-state index is 11.7. The third-order valence-corrected chi connectivity index (χ3v) is 4.20. The first-order chi connectivity index (χ1) is 7.72. The predicted molar refractivity (Wildman–Crippen MR) is 63.5 cm³/mol. The van der Waals surface area contributed by atoms with Gasteiger partial charge in [-0.2, -0.15) is 0 Å². The highest BCUT2D eigenvalue weighted by Crippen LogP contribution is 2.12. The Bertz CT molecular complexity index is 595. The molecule has 0 aliphatic carbocycles. The minimum Gasteiger partial charge on any atom is -0.396 e. The second-order valence-corrected chi connectivity index (χ2v) is 7.37. The molecule has 0 aliphatic rings. The molecule has 17 heavy (non-hydrogen) atoms. The Labute approximate surface area is 100 Å². The summed E-state index contributed by atoms with van der Waals surface area (Å²) in [5, 5.41) is -0.298. The Morgan fingerprint density at radius 3 is 2.53 bits per heavy atom. The molecule has 96 valence electrons. The third kappa shape index (κ3) is 4.29. The van der Waals surface area contributed by atoms with Crippen LogP contribution in [-0.4, -0.2) is 40.4 Å². The van der Waals surface area contributed by atoms with Crippen LogP contribution in [0.15, 0.2) is 23.4 Å². The normalized spacial score (nSPS) is 12.5. The molecule has 1 rings (SSSR count). The zero-order valence-corrected chi connectivity index (χ0v) is 10.8. The van der Waals surface area contributed by atoms with Gasteiger partial charge in [0.05, 0.1) is 11.4 Å². The summed E-state index contributed by atoms with van der Waals surface area (Å²) < 4.78 is 47.2. The predicted octanol–water partition coefficient (Wildman–Crippen LogP) is -1.01. The molecule has 1 aromatic heterocycles. The molecule has 1 heterocycles. The number of hydrogen-bond acceptors (Lipinski definition) is 6. The minimum atomic E-state index is -3.86. The summed E-state index contributed by atoms with van der Waals surface area (Å²) in [4.78, 5) is 3.64. The van der Waals surface area contributed by atoms with E-state index in [1.54, 1.807) is 0 Å². The van der Waals surface area contributed by atoms with Crippen molar-refractivity contribution >= 4 is 25.5 Å². The van der Waals surface area contributed by atoms with Crippen molar-refractivity contribution in [2.75, 3.05) is 24.3 Å². The molecule has 0 aliphatic heterocycles. The fourth-order valence-corrected chi connectivity index (χ4v) is 2.75. The van der Waals surface area contributed by atoms with Crippen LogP contribution in [-0.2, 0) is 19.9 Å². The molecule has 9 heteroatoms. The number of aromatic nitrogens is 1. The van der Waals surface area contributed by atoms with Gasteiger partial charge < -0.3 is 5.73 Å². The van der Waals surface area contributed by atoms with Crippen LogP contribution < -0.4 is 10.5 Å². The maximum Gasteiger partial charge on any atom is 0.260 e. The lowest BCUT2D eigenvalue weighted by molar-refractivity contribution is 0.579. The van der Waals surface area contributed by atoms with Crippen molar-refractivity contribution in [3.63, 3.8) is 0 Å². The fourth-order valence-electron chi connectivity index (χ4n) is 1.06. The van der Waals surface area contributed by atoms with Crippen LogP contribution in [0.5, 0.6) is 0 Å². The van der Waals surface area contributed by atoms with Crippen LogP contribution in [0.4, 0.5) is 5.69 Å². The van der Waals surface area contributed by atoms with Crippen LogP contribution in [0.3, 0.4) is 0 Å². The SMILES string of the molecule is CS(=O)(=O)CCNS(=O)(=O)c1ncccc1N. The molecule has 0 fully saturated rings. The number of nitrogen functional groups attached to an aromatic ring is 1. The van der Waals surface area contributed by atoms with Gasteiger partial charge >= 0.3 is 0 Å². The van der Waals surface area contributed by atoms with E-state index in [-0.39, 0.29) is 23.0 Å². The fraction of sp³-hybridized carbons (Fsp3) is 0.375. The lowest BCUT2D eigenvalue weighted by Crippen LogP contribution is -2.30. The topological polar surface area (TPSA) is 119 Å². The Hall–Kier alpha value is -1.19. The van der Waals surface area contributed by atoms with E-state index in [1.165, 1.54) is 18.3 Å². The number of rotatable bonds is 5. The molecular weight excluding hydrogens is 266 g/mol. The largest absolute Gasteiger partial charge is 0.396 e. The number of sulfonamides is 1. The molecule has 0 radical (unpaired) electrons. The van der Waals surface area contributed by atoms with Gasteiger partial charge in [0.25, 0.3) is 10.0 Å². The van der Waals surface area contributed by atoms with Crippen molar-refractivity contribution in [2.45, 2.75) is 5.03 Å². The van der Waals surface area contributed by atoms with E-state index >= 15 is 0 Å². The average Bonchev–Trinajstić information content (AvgIpc) is 2.15. The van der Waals surface area contributed by atoms with E-state index in [0.717, 1.165) is 6.26 Å². The van der Waals surface area contributed by atoms with Crippen molar-refractivity contribution in [2.24, 2.45) is 0 Å². The Balaban J connectivity index is 2.81. The van der Waals surface area contributed by atoms with E-state index in [9.17, 15) is 16.8 Å². The second kappa shape index (κ2) is 4.98.